The molecule has 102 valence electrons. The monoisotopic (exact) mass is 354 g/mol. The fourth-order valence-electron chi connectivity index (χ4n) is 1.60. The van der Waals surface area contributed by atoms with E-state index in [4.69, 9.17) is 11.6 Å². The number of nitro benzene ring substituents is 1. The van der Waals surface area contributed by atoms with Gasteiger partial charge in [0.05, 0.1) is 10.6 Å². The van der Waals surface area contributed by atoms with Gasteiger partial charge in [-0.3, -0.25) is 14.9 Å². The summed E-state index contributed by atoms with van der Waals surface area (Å²) in [7, 11) is 0. The van der Waals surface area contributed by atoms with Gasteiger partial charge < -0.3 is 5.32 Å². The number of carbonyl (C=O) groups excluding carboxylic acids is 1. The normalized spacial score (nSPS) is 10.1. The van der Waals surface area contributed by atoms with Gasteiger partial charge >= 0.3 is 0 Å². The lowest BCUT2D eigenvalue weighted by Crippen LogP contribution is -2.14. The summed E-state index contributed by atoms with van der Waals surface area (Å²) in [5.41, 5.74) is 0.143. The van der Waals surface area contributed by atoms with Crippen molar-refractivity contribution in [3.05, 3.63) is 67.6 Å². The van der Waals surface area contributed by atoms with Crippen LogP contribution >= 0.6 is 27.5 Å². The summed E-state index contributed by atoms with van der Waals surface area (Å²) in [5.74, 6) is -0.592. The minimum absolute atomic E-state index is 0.0850. The third kappa shape index (κ3) is 3.15. The molecule has 20 heavy (non-hydrogen) atoms. The van der Waals surface area contributed by atoms with Crippen molar-refractivity contribution in [1.29, 1.82) is 0 Å². The maximum atomic E-state index is 12.1. The summed E-state index contributed by atoms with van der Waals surface area (Å²) < 4.78 is 0.679. The van der Waals surface area contributed by atoms with E-state index in [-0.39, 0.29) is 16.3 Å². The molecule has 5 nitrogen and oxygen atoms in total. The first-order valence-corrected chi connectivity index (χ1v) is 6.66. The van der Waals surface area contributed by atoms with E-state index in [1.165, 1.54) is 18.2 Å². The average Bonchev–Trinajstić information content (AvgIpc) is 2.40. The van der Waals surface area contributed by atoms with Gasteiger partial charge in [0.1, 0.15) is 5.56 Å². The number of benzene rings is 2. The van der Waals surface area contributed by atoms with Crippen LogP contribution < -0.4 is 5.32 Å². The molecule has 1 amide bonds. The number of para-hydroxylation sites is 1. The first kappa shape index (κ1) is 14.5. The molecule has 0 atom stereocenters. The molecule has 2 aromatic carbocycles. The Kier molecular flexibility index (Phi) is 4.36. The van der Waals surface area contributed by atoms with Crippen LogP contribution in [-0.4, -0.2) is 10.8 Å². The van der Waals surface area contributed by atoms with Gasteiger partial charge in [0.2, 0.25) is 0 Å². The lowest BCUT2D eigenvalue weighted by molar-refractivity contribution is -0.385. The van der Waals surface area contributed by atoms with Crippen LogP contribution in [0, 0.1) is 10.1 Å². The standard InChI is InChI=1S/C13H8BrClN2O3/c14-10-3-1-2-4-11(10)16-13(18)9-7-8(15)5-6-12(9)17(19)20/h1-7H,(H,16,18). The highest BCUT2D eigenvalue weighted by atomic mass is 79.9. The zero-order chi connectivity index (χ0) is 14.7. The van der Waals surface area contributed by atoms with Gasteiger partial charge in [0, 0.05) is 15.6 Å². The second-order valence-corrected chi connectivity index (χ2v) is 5.14. The molecule has 0 radical (unpaired) electrons. The van der Waals surface area contributed by atoms with E-state index in [2.05, 4.69) is 21.2 Å². The Hall–Kier alpha value is -1.92. The van der Waals surface area contributed by atoms with Crippen molar-refractivity contribution in [2.24, 2.45) is 0 Å². The summed E-state index contributed by atoms with van der Waals surface area (Å²) in [6.45, 7) is 0. The molecule has 0 heterocycles. The number of nitrogens with one attached hydrogen (secondary N) is 1. The molecule has 0 spiro atoms. The Morgan fingerprint density at radius 1 is 1.25 bits per heavy atom. The fraction of sp³-hybridized carbons (Fsp3) is 0. The first-order chi connectivity index (χ1) is 9.49. The highest BCUT2D eigenvalue weighted by Crippen LogP contribution is 2.26. The second-order valence-electron chi connectivity index (χ2n) is 3.85. The van der Waals surface area contributed by atoms with E-state index < -0.39 is 10.8 Å². The fourth-order valence-corrected chi connectivity index (χ4v) is 2.16. The summed E-state index contributed by atoms with van der Waals surface area (Å²) in [5, 5.41) is 13.8. The maximum absolute atomic E-state index is 12.1. The number of rotatable bonds is 3. The van der Waals surface area contributed by atoms with E-state index >= 15 is 0 Å². The first-order valence-electron chi connectivity index (χ1n) is 5.49. The van der Waals surface area contributed by atoms with Crippen LogP contribution in [0.2, 0.25) is 5.02 Å². The predicted molar refractivity (Wildman–Crippen MR) is 80.2 cm³/mol. The van der Waals surface area contributed by atoms with E-state index in [9.17, 15) is 14.9 Å². The number of amides is 1. The Morgan fingerprint density at radius 3 is 2.60 bits per heavy atom. The number of hydrogen-bond acceptors (Lipinski definition) is 3. The van der Waals surface area contributed by atoms with Gasteiger partial charge in [-0.05, 0) is 40.2 Å². The zero-order valence-electron chi connectivity index (χ0n) is 9.97. The lowest BCUT2D eigenvalue weighted by Gasteiger charge is -2.07. The Labute approximate surface area is 127 Å². The zero-order valence-corrected chi connectivity index (χ0v) is 12.3. The molecule has 0 saturated heterocycles. The van der Waals surface area contributed by atoms with E-state index in [0.29, 0.717) is 10.2 Å². The average molecular weight is 356 g/mol. The Bertz CT molecular complexity index is 691. The molecule has 7 heteroatoms. The molecule has 0 aromatic heterocycles. The lowest BCUT2D eigenvalue weighted by atomic mass is 10.1. The van der Waals surface area contributed by atoms with Crippen molar-refractivity contribution in [3.63, 3.8) is 0 Å². The van der Waals surface area contributed by atoms with E-state index in [0.717, 1.165) is 0 Å². The summed E-state index contributed by atoms with van der Waals surface area (Å²) in [4.78, 5) is 22.5. The number of hydrogen-bond donors (Lipinski definition) is 1. The molecule has 2 aromatic rings. The predicted octanol–water partition coefficient (Wildman–Crippen LogP) is 4.26. The third-order valence-corrected chi connectivity index (χ3v) is 3.45. The van der Waals surface area contributed by atoms with Crippen LogP contribution in [0.4, 0.5) is 11.4 Å². The van der Waals surface area contributed by atoms with Crippen molar-refractivity contribution in [2.75, 3.05) is 5.32 Å². The van der Waals surface area contributed by atoms with Gasteiger partial charge in [-0.25, -0.2) is 0 Å². The third-order valence-electron chi connectivity index (χ3n) is 2.52. The number of carbonyl (C=O) groups is 1. The van der Waals surface area contributed by atoms with E-state index in [1.54, 1.807) is 24.3 Å². The molecule has 0 aliphatic heterocycles. The molecule has 0 fully saturated rings. The molecule has 0 aliphatic rings. The minimum Gasteiger partial charge on any atom is -0.321 e. The number of nitro groups is 1. The van der Waals surface area contributed by atoms with Crippen LogP contribution in [0.25, 0.3) is 0 Å². The number of halogens is 2. The number of nitrogens with zero attached hydrogens (tertiary/aromatic N) is 1. The van der Waals surface area contributed by atoms with Gasteiger partial charge in [0.15, 0.2) is 0 Å². The van der Waals surface area contributed by atoms with Gasteiger partial charge in [-0.2, -0.15) is 0 Å². The van der Waals surface area contributed by atoms with Crippen molar-refractivity contribution < 1.29 is 9.72 Å². The maximum Gasteiger partial charge on any atom is 0.282 e. The van der Waals surface area contributed by atoms with Crippen LogP contribution in [0.1, 0.15) is 10.4 Å². The molecule has 0 aliphatic carbocycles. The molecule has 0 saturated carbocycles. The largest absolute Gasteiger partial charge is 0.321 e. The van der Waals surface area contributed by atoms with Gasteiger partial charge in [0.25, 0.3) is 11.6 Å². The van der Waals surface area contributed by atoms with Crippen LogP contribution in [0.5, 0.6) is 0 Å². The molecule has 1 N–H and O–H groups in total. The second kappa shape index (κ2) is 6.02. The SMILES string of the molecule is O=C(Nc1ccccc1Br)c1cc(Cl)ccc1[N+](=O)[O-]. The highest BCUT2D eigenvalue weighted by molar-refractivity contribution is 9.10. The van der Waals surface area contributed by atoms with Crippen molar-refractivity contribution in [1.82, 2.24) is 0 Å². The van der Waals surface area contributed by atoms with E-state index in [1.807, 2.05) is 0 Å². The quantitative estimate of drug-likeness (QED) is 0.660. The molecular weight excluding hydrogens is 348 g/mol. The topological polar surface area (TPSA) is 72.2 Å². The Balaban J connectivity index is 2.37. The Morgan fingerprint density at radius 2 is 1.95 bits per heavy atom. The van der Waals surface area contributed by atoms with Crippen LogP contribution in [0.3, 0.4) is 0 Å². The molecule has 0 bridgehead atoms. The van der Waals surface area contributed by atoms with Crippen molar-refractivity contribution in [2.45, 2.75) is 0 Å². The van der Waals surface area contributed by atoms with Crippen molar-refractivity contribution in [3.8, 4) is 0 Å². The number of anilines is 1. The van der Waals surface area contributed by atoms with Crippen LogP contribution in [0.15, 0.2) is 46.9 Å². The molecule has 0 unspecified atom stereocenters. The highest BCUT2D eigenvalue weighted by Gasteiger charge is 2.21. The van der Waals surface area contributed by atoms with Crippen molar-refractivity contribution >= 4 is 44.8 Å². The summed E-state index contributed by atoms with van der Waals surface area (Å²) in [6.07, 6.45) is 0. The van der Waals surface area contributed by atoms with Gasteiger partial charge in [-0.15, -0.1) is 0 Å². The summed E-state index contributed by atoms with van der Waals surface area (Å²) in [6, 6.07) is 10.8. The molecular formula is C13H8BrClN2O3. The summed E-state index contributed by atoms with van der Waals surface area (Å²) >= 11 is 9.07. The van der Waals surface area contributed by atoms with Crippen LogP contribution in [-0.2, 0) is 0 Å². The molecule has 2 rings (SSSR count). The minimum atomic E-state index is -0.620. The van der Waals surface area contributed by atoms with Gasteiger partial charge in [-0.1, -0.05) is 23.7 Å². The smallest absolute Gasteiger partial charge is 0.282 e.